The minimum absolute atomic E-state index is 0.0181. The van der Waals surface area contributed by atoms with Crippen LogP contribution in [0.1, 0.15) is 328 Å². The zero-order chi connectivity index (χ0) is 47.2. The molecule has 0 aromatic carbocycles. The molecule has 0 bridgehead atoms. The van der Waals surface area contributed by atoms with E-state index in [1.165, 1.54) is 238 Å². The molecular weight excluding hydrogens is 803 g/mol. The fourth-order valence-electron chi connectivity index (χ4n) is 9.28. The molecule has 0 heterocycles. The molecule has 65 heavy (non-hydrogen) atoms. The molecule has 0 saturated heterocycles. The third-order valence-electron chi connectivity index (χ3n) is 13.8. The van der Waals surface area contributed by atoms with Gasteiger partial charge < -0.3 is 20.3 Å². The zero-order valence-corrected chi connectivity index (χ0v) is 44.0. The number of aliphatic hydroxyl groups excluding tert-OH is 2. The molecule has 0 aliphatic carbocycles. The molecule has 0 aromatic heterocycles. The Kier molecular flexibility index (Phi) is 54.0. The first-order chi connectivity index (χ1) is 32.0. The van der Waals surface area contributed by atoms with Gasteiger partial charge in [0.15, 0.2) is 0 Å². The fourth-order valence-corrected chi connectivity index (χ4v) is 9.28. The van der Waals surface area contributed by atoms with E-state index in [2.05, 4.69) is 31.3 Å². The molecule has 1 amide bonds. The topological polar surface area (TPSA) is 95.9 Å². The average molecular weight is 919 g/mol. The van der Waals surface area contributed by atoms with Crippen molar-refractivity contribution in [1.29, 1.82) is 0 Å². The van der Waals surface area contributed by atoms with Crippen LogP contribution in [0, 0.1) is 0 Å². The van der Waals surface area contributed by atoms with Gasteiger partial charge in [0.2, 0.25) is 5.91 Å². The highest BCUT2D eigenvalue weighted by Gasteiger charge is 2.20. The standard InChI is InChI=1S/C59H115NO5/c1-3-5-7-9-11-13-15-17-19-21-23-25-27-29-31-35-39-43-47-51-57(62)56(55-61)60-58(63)52-48-44-40-36-33-34-38-42-46-50-54-65-59(64)53-49-45-41-37-32-30-28-26-24-22-20-18-16-14-12-10-8-6-4-2/h18,20,56-57,61-62H,3-17,19,21-55H2,1-2H3,(H,60,63)/b20-18-. The maximum Gasteiger partial charge on any atom is 0.305 e. The second-order valence-corrected chi connectivity index (χ2v) is 20.3. The molecule has 3 N–H and O–H groups in total. The Hall–Kier alpha value is -1.40. The zero-order valence-electron chi connectivity index (χ0n) is 44.0. The summed E-state index contributed by atoms with van der Waals surface area (Å²) in [5, 5.41) is 23.3. The number of amides is 1. The van der Waals surface area contributed by atoms with Gasteiger partial charge in [-0.15, -0.1) is 0 Å². The Balaban J connectivity index is 3.45. The lowest BCUT2D eigenvalue weighted by atomic mass is 10.0. The van der Waals surface area contributed by atoms with Crippen LogP contribution in [0.25, 0.3) is 0 Å². The van der Waals surface area contributed by atoms with E-state index in [0.717, 1.165) is 57.8 Å². The Bertz CT molecular complexity index is 970. The Morgan fingerprint density at radius 3 is 1.09 bits per heavy atom. The summed E-state index contributed by atoms with van der Waals surface area (Å²) in [5.74, 6) is -0.0725. The van der Waals surface area contributed by atoms with Gasteiger partial charge in [0.25, 0.3) is 0 Å². The summed E-state index contributed by atoms with van der Waals surface area (Å²) in [5.41, 5.74) is 0. The van der Waals surface area contributed by atoms with E-state index >= 15 is 0 Å². The van der Waals surface area contributed by atoms with Crippen molar-refractivity contribution < 1.29 is 24.5 Å². The number of hydrogen-bond acceptors (Lipinski definition) is 5. The van der Waals surface area contributed by atoms with E-state index < -0.39 is 12.1 Å². The molecule has 0 aliphatic heterocycles. The molecule has 386 valence electrons. The van der Waals surface area contributed by atoms with Crippen LogP contribution in [0.15, 0.2) is 12.2 Å². The largest absolute Gasteiger partial charge is 0.466 e. The lowest BCUT2D eigenvalue weighted by Gasteiger charge is -2.22. The number of esters is 1. The Morgan fingerprint density at radius 1 is 0.415 bits per heavy atom. The highest BCUT2D eigenvalue weighted by Crippen LogP contribution is 2.18. The maximum atomic E-state index is 12.5. The summed E-state index contributed by atoms with van der Waals surface area (Å²) in [6.45, 7) is 4.92. The van der Waals surface area contributed by atoms with E-state index in [1.807, 2.05) is 0 Å². The van der Waals surface area contributed by atoms with E-state index in [1.54, 1.807) is 0 Å². The number of unbranched alkanes of at least 4 members (excludes halogenated alkanes) is 42. The third kappa shape index (κ3) is 51.8. The third-order valence-corrected chi connectivity index (χ3v) is 13.8. The summed E-state index contributed by atoms with van der Waals surface area (Å²) in [6, 6.07) is -0.558. The van der Waals surface area contributed by atoms with E-state index in [-0.39, 0.29) is 18.5 Å². The monoisotopic (exact) mass is 918 g/mol. The number of allylic oxidation sites excluding steroid dienone is 2. The van der Waals surface area contributed by atoms with Crippen LogP contribution in [0.4, 0.5) is 0 Å². The van der Waals surface area contributed by atoms with Crippen molar-refractivity contribution in [2.24, 2.45) is 0 Å². The summed E-state index contributed by atoms with van der Waals surface area (Å²) in [4.78, 5) is 24.6. The van der Waals surface area contributed by atoms with Gasteiger partial charge >= 0.3 is 5.97 Å². The van der Waals surface area contributed by atoms with Gasteiger partial charge in [0.05, 0.1) is 25.4 Å². The number of carbonyl (C=O) groups is 2. The molecule has 0 radical (unpaired) electrons. The Morgan fingerprint density at radius 2 is 0.723 bits per heavy atom. The number of hydrogen-bond donors (Lipinski definition) is 3. The maximum absolute atomic E-state index is 12.5. The highest BCUT2D eigenvalue weighted by molar-refractivity contribution is 5.76. The molecule has 0 saturated carbocycles. The van der Waals surface area contributed by atoms with E-state index in [4.69, 9.17) is 4.74 Å². The first-order valence-corrected chi connectivity index (χ1v) is 29.4. The lowest BCUT2D eigenvalue weighted by Crippen LogP contribution is -2.45. The summed E-state index contributed by atoms with van der Waals surface area (Å²) < 4.78 is 5.48. The summed E-state index contributed by atoms with van der Waals surface area (Å²) in [7, 11) is 0. The van der Waals surface area contributed by atoms with Crippen LogP contribution in [-0.4, -0.2) is 47.4 Å². The first kappa shape index (κ1) is 63.6. The molecule has 6 nitrogen and oxygen atoms in total. The van der Waals surface area contributed by atoms with Crippen LogP contribution in [-0.2, 0) is 14.3 Å². The molecule has 0 aromatic rings. The molecule has 2 atom stereocenters. The van der Waals surface area contributed by atoms with Crippen molar-refractivity contribution in [3.63, 3.8) is 0 Å². The van der Waals surface area contributed by atoms with Gasteiger partial charge in [-0.2, -0.15) is 0 Å². The lowest BCUT2D eigenvalue weighted by molar-refractivity contribution is -0.143. The van der Waals surface area contributed by atoms with Crippen LogP contribution >= 0.6 is 0 Å². The fraction of sp³-hybridized carbons (Fsp3) is 0.932. The minimum atomic E-state index is -0.679. The van der Waals surface area contributed by atoms with E-state index in [0.29, 0.717) is 25.9 Å². The predicted molar refractivity (Wildman–Crippen MR) is 283 cm³/mol. The Labute approximate surface area is 406 Å². The molecular formula is C59H115NO5. The summed E-state index contributed by atoms with van der Waals surface area (Å²) >= 11 is 0. The molecule has 0 spiro atoms. The van der Waals surface area contributed by atoms with Gasteiger partial charge in [-0.25, -0.2) is 0 Å². The van der Waals surface area contributed by atoms with Crippen molar-refractivity contribution in [3.05, 3.63) is 12.2 Å². The minimum Gasteiger partial charge on any atom is -0.466 e. The van der Waals surface area contributed by atoms with Gasteiger partial charge in [-0.3, -0.25) is 9.59 Å². The van der Waals surface area contributed by atoms with Crippen LogP contribution in [0.5, 0.6) is 0 Å². The number of nitrogens with one attached hydrogen (secondary N) is 1. The number of carbonyl (C=O) groups excluding carboxylic acids is 2. The van der Waals surface area contributed by atoms with Crippen molar-refractivity contribution >= 4 is 11.9 Å². The van der Waals surface area contributed by atoms with Crippen LogP contribution < -0.4 is 5.32 Å². The SMILES string of the molecule is CCCCCCCC/C=C\CCCCCCCCCCCC(=O)OCCCCCCCCCCCCC(=O)NC(CO)C(O)CCCCCCCCCCCCCCCCCCCCC. The average Bonchev–Trinajstić information content (AvgIpc) is 3.31. The summed E-state index contributed by atoms with van der Waals surface area (Å²) in [6.07, 6.45) is 64.8. The first-order valence-electron chi connectivity index (χ1n) is 29.4. The second kappa shape index (κ2) is 55.2. The number of ether oxygens (including phenoxy) is 1. The van der Waals surface area contributed by atoms with Gasteiger partial charge in [0.1, 0.15) is 0 Å². The van der Waals surface area contributed by atoms with Gasteiger partial charge in [0, 0.05) is 12.8 Å². The van der Waals surface area contributed by atoms with E-state index in [9.17, 15) is 19.8 Å². The van der Waals surface area contributed by atoms with Crippen molar-refractivity contribution in [2.75, 3.05) is 13.2 Å². The van der Waals surface area contributed by atoms with Crippen LogP contribution in [0.3, 0.4) is 0 Å². The van der Waals surface area contributed by atoms with Crippen molar-refractivity contribution in [1.82, 2.24) is 5.32 Å². The molecule has 6 heteroatoms. The number of rotatable bonds is 55. The molecule has 2 unspecified atom stereocenters. The molecule has 0 fully saturated rings. The van der Waals surface area contributed by atoms with Gasteiger partial charge in [-0.05, 0) is 51.4 Å². The van der Waals surface area contributed by atoms with Crippen LogP contribution in [0.2, 0.25) is 0 Å². The number of aliphatic hydroxyl groups is 2. The molecule has 0 rings (SSSR count). The predicted octanol–water partition coefficient (Wildman–Crippen LogP) is 18.1. The highest BCUT2D eigenvalue weighted by atomic mass is 16.5. The second-order valence-electron chi connectivity index (χ2n) is 20.3. The normalized spacial score (nSPS) is 12.6. The molecule has 0 aliphatic rings. The van der Waals surface area contributed by atoms with Crippen molar-refractivity contribution in [2.45, 2.75) is 341 Å². The quantitative estimate of drug-likeness (QED) is 0.0321. The van der Waals surface area contributed by atoms with Gasteiger partial charge in [-0.1, -0.05) is 276 Å². The van der Waals surface area contributed by atoms with Crippen molar-refractivity contribution in [3.8, 4) is 0 Å². The smallest absolute Gasteiger partial charge is 0.305 e.